The summed E-state index contributed by atoms with van der Waals surface area (Å²) < 4.78 is 0. The van der Waals surface area contributed by atoms with Crippen molar-refractivity contribution in [2.24, 2.45) is 5.73 Å². The quantitative estimate of drug-likeness (QED) is 0.218. The zero-order valence-electron chi connectivity index (χ0n) is 14.9. The van der Waals surface area contributed by atoms with Crippen LogP contribution in [-0.2, 0) is 28.8 Å². The Morgan fingerprint density at radius 3 is 2.29 bits per heavy atom. The van der Waals surface area contributed by atoms with Crippen LogP contribution in [0.2, 0.25) is 0 Å². The largest absolute Gasteiger partial charge is 0.481 e. The molecule has 1 fully saturated rings. The molecule has 2 atom stereocenters. The summed E-state index contributed by atoms with van der Waals surface area (Å²) in [6.07, 6.45) is -0.471. The Kier molecular flexibility index (Phi) is 9.38. The minimum Gasteiger partial charge on any atom is -0.481 e. The molecule has 1 aliphatic rings. The number of carbonyl (C=O) groups excluding carboxylic acids is 4. The highest BCUT2D eigenvalue weighted by molar-refractivity contribution is 8.00. The number of nitrogens with zero attached hydrogens (tertiary/aromatic N) is 1. The molecule has 28 heavy (non-hydrogen) atoms. The summed E-state index contributed by atoms with van der Waals surface area (Å²) >= 11 is 1.02. The number of nitrogens with two attached hydrogens (primary N) is 1. The van der Waals surface area contributed by atoms with Crippen molar-refractivity contribution in [3.05, 3.63) is 0 Å². The van der Waals surface area contributed by atoms with Crippen LogP contribution in [0.5, 0.6) is 0 Å². The van der Waals surface area contributed by atoms with Crippen molar-refractivity contribution in [2.75, 3.05) is 31.1 Å². The Bertz CT molecular complexity index is 648. The monoisotopic (exact) mass is 418 g/mol. The highest BCUT2D eigenvalue weighted by atomic mass is 32.2. The van der Waals surface area contributed by atoms with Crippen LogP contribution in [0, 0.1) is 0 Å². The van der Waals surface area contributed by atoms with Crippen LogP contribution in [0.25, 0.3) is 0 Å². The van der Waals surface area contributed by atoms with E-state index in [0.717, 1.165) is 11.8 Å². The summed E-state index contributed by atoms with van der Waals surface area (Å²) in [5.41, 5.74) is 5.59. The lowest BCUT2D eigenvalue weighted by Gasteiger charge is -2.29. The van der Waals surface area contributed by atoms with Crippen LogP contribution in [0.3, 0.4) is 0 Å². The number of nitrogens with one attached hydrogen (secondary N) is 2. The Balaban J connectivity index is 2.57. The average molecular weight is 418 g/mol. The van der Waals surface area contributed by atoms with Crippen molar-refractivity contribution >= 4 is 47.2 Å². The van der Waals surface area contributed by atoms with Crippen molar-refractivity contribution in [1.82, 2.24) is 15.5 Å². The number of hydrogen-bond donors (Lipinski definition) is 5. The van der Waals surface area contributed by atoms with Gasteiger partial charge in [0.25, 0.3) is 0 Å². The molecule has 0 unspecified atom stereocenters. The van der Waals surface area contributed by atoms with Crippen LogP contribution in [0.4, 0.5) is 0 Å². The van der Waals surface area contributed by atoms with E-state index in [1.807, 2.05) is 0 Å². The number of thioether (sulfide) groups is 1. The fourth-order valence-corrected chi connectivity index (χ4v) is 3.01. The van der Waals surface area contributed by atoms with Gasteiger partial charge in [0.1, 0.15) is 12.6 Å². The third-order valence-corrected chi connectivity index (χ3v) is 4.67. The maximum absolute atomic E-state index is 12.1. The van der Waals surface area contributed by atoms with Crippen molar-refractivity contribution in [2.45, 2.75) is 24.9 Å². The molecule has 156 valence electrons. The Labute approximate surface area is 164 Å². The van der Waals surface area contributed by atoms with Gasteiger partial charge in [0, 0.05) is 12.2 Å². The number of Topliss-reactive ketones (excluding diaryl/α,β-unsaturated/α-hetero) is 1. The molecule has 1 aliphatic heterocycles. The van der Waals surface area contributed by atoms with E-state index in [4.69, 9.17) is 15.9 Å². The van der Waals surface area contributed by atoms with Crippen molar-refractivity contribution in [1.29, 1.82) is 0 Å². The van der Waals surface area contributed by atoms with Crippen LogP contribution in [-0.4, -0.2) is 93.8 Å². The van der Waals surface area contributed by atoms with Gasteiger partial charge in [-0.25, -0.2) is 0 Å². The first-order valence-electron chi connectivity index (χ1n) is 8.24. The fraction of sp³-hybridized carbons (Fsp3) is 0.600. The molecule has 1 heterocycles. The van der Waals surface area contributed by atoms with E-state index in [1.54, 1.807) is 0 Å². The number of likely N-dealkylation sites (tertiary alicyclic amines) is 1. The zero-order chi connectivity index (χ0) is 21.3. The molecule has 12 nitrogen and oxygen atoms in total. The number of rotatable bonds is 12. The second-order valence-corrected chi connectivity index (χ2v) is 7.05. The second kappa shape index (κ2) is 11.2. The minimum absolute atomic E-state index is 0.0308. The third-order valence-electron chi connectivity index (χ3n) is 3.65. The summed E-state index contributed by atoms with van der Waals surface area (Å²) in [6, 6.07) is -2.33. The van der Waals surface area contributed by atoms with Crippen LogP contribution in [0.15, 0.2) is 0 Å². The standard InChI is InChI=1S/C15H22N4O8S/c16-9(1-2-12(22)23)14(26)18-10(15(27)17-3-13(24)25)6-28-7-11(21)19-4-8(20)5-19/h9-10H,1-7,16H2,(H,17,27)(H,18,26)(H,22,23)(H,24,25)/t9-,10-/m0/s1. The summed E-state index contributed by atoms with van der Waals surface area (Å²) in [5, 5.41) is 21.7. The molecule has 0 bridgehead atoms. The molecule has 0 radical (unpaired) electrons. The van der Waals surface area contributed by atoms with E-state index >= 15 is 0 Å². The number of amides is 3. The smallest absolute Gasteiger partial charge is 0.322 e. The van der Waals surface area contributed by atoms with Crippen molar-refractivity contribution in [3.63, 3.8) is 0 Å². The van der Waals surface area contributed by atoms with Crippen LogP contribution in [0.1, 0.15) is 12.8 Å². The number of carboxylic acid groups (broad SMARTS) is 2. The van der Waals surface area contributed by atoms with Gasteiger partial charge in [-0.05, 0) is 6.42 Å². The minimum atomic E-state index is -1.28. The van der Waals surface area contributed by atoms with Crippen molar-refractivity contribution < 1.29 is 39.0 Å². The second-order valence-electron chi connectivity index (χ2n) is 6.02. The lowest BCUT2D eigenvalue weighted by atomic mass is 10.1. The summed E-state index contributed by atoms with van der Waals surface area (Å²) in [5.74, 6) is -4.37. The van der Waals surface area contributed by atoms with E-state index in [2.05, 4.69) is 10.6 Å². The summed E-state index contributed by atoms with van der Waals surface area (Å²) in [4.78, 5) is 69.4. The van der Waals surface area contributed by atoms with E-state index in [1.165, 1.54) is 4.90 Å². The number of aliphatic carboxylic acids is 2. The van der Waals surface area contributed by atoms with Gasteiger partial charge in [0.2, 0.25) is 17.7 Å². The first kappa shape index (κ1) is 23.4. The number of carbonyl (C=O) groups is 6. The maximum atomic E-state index is 12.1. The molecule has 6 N–H and O–H groups in total. The lowest BCUT2D eigenvalue weighted by molar-refractivity contribution is -0.143. The van der Waals surface area contributed by atoms with Gasteiger partial charge in [-0.1, -0.05) is 0 Å². The predicted molar refractivity (Wildman–Crippen MR) is 96.3 cm³/mol. The lowest BCUT2D eigenvalue weighted by Crippen LogP contribution is -2.54. The Morgan fingerprint density at radius 2 is 1.75 bits per heavy atom. The predicted octanol–water partition coefficient (Wildman–Crippen LogP) is -2.99. The van der Waals surface area contributed by atoms with E-state index < -0.39 is 42.4 Å². The number of hydrogen-bond acceptors (Lipinski definition) is 8. The fourth-order valence-electron chi connectivity index (χ4n) is 2.07. The Morgan fingerprint density at radius 1 is 1.11 bits per heavy atom. The van der Waals surface area contributed by atoms with Crippen molar-refractivity contribution in [3.8, 4) is 0 Å². The molecule has 1 rings (SSSR count). The highest BCUT2D eigenvalue weighted by Gasteiger charge is 2.29. The number of ketones is 1. The summed E-state index contributed by atoms with van der Waals surface area (Å²) in [6.45, 7) is -0.552. The SMILES string of the molecule is N[C@@H](CCC(=O)O)C(=O)N[C@@H](CSCC(=O)N1CC(=O)C1)C(=O)NCC(=O)O. The van der Waals surface area contributed by atoms with Gasteiger partial charge in [0.05, 0.1) is 24.9 Å². The molecule has 0 aromatic rings. The number of carboxylic acids is 2. The highest BCUT2D eigenvalue weighted by Crippen LogP contribution is 2.10. The molecular formula is C15H22N4O8S. The van der Waals surface area contributed by atoms with Gasteiger partial charge in [-0.15, -0.1) is 11.8 Å². The topological polar surface area (TPSA) is 196 Å². The van der Waals surface area contributed by atoms with Gasteiger partial charge in [0.15, 0.2) is 5.78 Å². The molecule has 1 saturated heterocycles. The Hall–Kier alpha value is -2.67. The molecule has 0 saturated carbocycles. The van der Waals surface area contributed by atoms with E-state index in [-0.39, 0.29) is 49.1 Å². The molecule has 3 amide bonds. The molecule has 0 aliphatic carbocycles. The van der Waals surface area contributed by atoms with E-state index in [9.17, 15) is 28.8 Å². The normalized spacial score (nSPS) is 15.2. The average Bonchev–Trinajstić information content (AvgIpc) is 2.60. The third kappa shape index (κ3) is 8.35. The first-order valence-corrected chi connectivity index (χ1v) is 9.40. The van der Waals surface area contributed by atoms with Gasteiger partial charge < -0.3 is 31.5 Å². The van der Waals surface area contributed by atoms with Gasteiger partial charge in [-0.3, -0.25) is 28.8 Å². The molecule has 0 spiro atoms. The van der Waals surface area contributed by atoms with Gasteiger partial charge >= 0.3 is 11.9 Å². The van der Waals surface area contributed by atoms with Gasteiger partial charge in [-0.2, -0.15) is 0 Å². The van der Waals surface area contributed by atoms with Crippen LogP contribution < -0.4 is 16.4 Å². The summed E-state index contributed by atoms with van der Waals surface area (Å²) in [7, 11) is 0. The first-order chi connectivity index (χ1) is 13.1. The molecular weight excluding hydrogens is 396 g/mol. The molecule has 0 aromatic carbocycles. The molecule has 13 heteroatoms. The van der Waals surface area contributed by atoms with E-state index in [0.29, 0.717) is 0 Å². The molecule has 0 aromatic heterocycles. The van der Waals surface area contributed by atoms with Crippen LogP contribution >= 0.6 is 11.8 Å². The maximum Gasteiger partial charge on any atom is 0.322 e. The zero-order valence-corrected chi connectivity index (χ0v) is 15.7.